The van der Waals surface area contributed by atoms with Gasteiger partial charge in [0.15, 0.2) is 5.82 Å². The Hall–Kier alpha value is -1.46. The van der Waals surface area contributed by atoms with E-state index in [2.05, 4.69) is 15.9 Å². The summed E-state index contributed by atoms with van der Waals surface area (Å²) in [5.74, 6) is -0.374. The Bertz CT molecular complexity index is 673. The number of para-hydroxylation sites is 1. The Kier molecular flexibility index (Phi) is 4.40. The minimum atomic E-state index is -0.374. The highest BCUT2D eigenvalue weighted by Crippen LogP contribution is 2.33. The van der Waals surface area contributed by atoms with Crippen molar-refractivity contribution in [3.63, 3.8) is 0 Å². The van der Waals surface area contributed by atoms with Crippen LogP contribution in [0.3, 0.4) is 0 Å². The van der Waals surface area contributed by atoms with Crippen molar-refractivity contribution in [2.75, 3.05) is 11.9 Å². The molecule has 0 bridgehead atoms. The van der Waals surface area contributed by atoms with Crippen LogP contribution in [-0.2, 0) is 0 Å². The molecule has 0 saturated heterocycles. The van der Waals surface area contributed by atoms with Crippen LogP contribution in [0, 0.1) is 12.7 Å². The van der Waals surface area contributed by atoms with Crippen LogP contribution in [0.25, 0.3) is 0 Å². The number of nitrogens with two attached hydrogens (primary N) is 1. The largest absolute Gasteiger partial charge is 0.389 e. The zero-order valence-electron chi connectivity index (χ0n) is 11.2. The van der Waals surface area contributed by atoms with Gasteiger partial charge in [0, 0.05) is 18.3 Å². The first-order chi connectivity index (χ1) is 9.43. The molecule has 0 aliphatic heterocycles. The number of anilines is 2. The highest BCUT2D eigenvalue weighted by molar-refractivity contribution is 9.10. The summed E-state index contributed by atoms with van der Waals surface area (Å²) in [4.78, 5) is 1.97. The van der Waals surface area contributed by atoms with E-state index in [0.717, 1.165) is 11.3 Å². The van der Waals surface area contributed by atoms with E-state index in [1.807, 2.05) is 38.2 Å². The molecule has 0 saturated carbocycles. The maximum absolute atomic E-state index is 14.5. The number of thiocarbonyl (C=S) groups is 1. The number of hydrogen-bond donors (Lipinski definition) is 1. The normalized spacial score (nSPS) is 10.4. The first-order valence-corrected chi connectivity index (χ1v) is 7.20. The molecular weight excluding hydrogens is 339 g/mol. The van der Waals surface area contributed by atoms with Gasteiger partial charge in [-0.3, -0.25) is 0 Å². The summed E-state index contributed by atoms with van der Waals surface area (Å²) < 4.78 is 14.8. The molecule has 0 spiro atoms. The van der Waals surface area contributed by atoms with Crippen LogP contribution in [0.15, 0.2) is 40.9 Å². The van der Waals surface area contributed by atoms with Crippen LogP contribution >= 0.6 is 28.1 Å². The van der Waals surface area contributed by atoms with Gasteiger partial charge >= 0.3 is 0 Å². The molecule has 2 aromatic rings. The zero-order valence-corrected chi connectivity index (χ0v) is 13.6. The van der Waals surface area contributed by atoms with Crippen molar-refractivity contribution in [1.82, 2.24) is 0 Å². The third-order valence-electron chi connectivity index (χ3n) is 3.17. The highest BCUT2D eigenvalue weighted by atomic mass is 79.9. The Balaban J connectivity index is 2.52. The summed E-state index contributed by atoms with van der Waals surface area (Å²) in [5, 5.41) is 0. The summed E-state index contributed by atoms with van der Waals surface area (Å²) in [6, 6.07) is 11.2. The summed E-state index contributed by atoms with van der Waals surface area (Å²) in [6.07, 6.45) is 0. The van der Waals surface area contributed by atoms with Crippen LogP contribution in [0.5, 0.6) is 0 Å². The van der Waals surface area contributed by atoms with Gasteiger partial charge in [0.25, 0.3) is 0 Å². The average molecular weight is 353 g/mol. The maximum Gasteiger partial charge on any atom is 0.161 e. The van der Waals surface area contributed by atoms with Crippen LogP contribution in [0.1, 0.15) is 11.1 Å². The lowest BCUT2D eigenvalue weighted by atomic mass is 10.1. The molecule has 0 heterocycles. The molecule has 2 rings (SSSR count). The van der Waals surface area contributed by atoms with Crippen molar-refractivity contribution >= 4 is 44.5 Å². The minimum absolute atomic E-state index is 0.167. The molecule has 0 aromatic heterocycles. The van der Waals surface area contributed by atoms with Gasteiger partial charge in [0.05, 0.1) is 10.2 Å². The van der Waals surface area contributed by atoms with Gasteiger partial charge < -0.3 is 10.6 Å². The van der Waals surface area contributed by atoms with E-state index in [-0.39, 0.29) is 10.8 Å². The van der Waals surface area contributed by atoms with Crippen molar-refractivity contribution in [2.24, 2.45) is 5.73 Å². The third kappa shape index (κ3) is 2.69. The summed E-state index contributed by atoms with van der Waals surface area (Å²) >= 11 is 8.12. The summed E-state index contributed by atoms with van der Waals surface area (Å²) in [7, 11) is 1.83. The monoisotopic (exact) mass is 352 g/mol. The minimum Gasteiger partial charge on any atom is -0.389 e. The second kappa shape index (κ2) is 5.89. The number of halogens is 2. The molecule has 0 amide bonds. The maximum atomic E-state index is 14.5. The first-order valence-electron chi connectivity index (χ1n) is 6.00. The van der Waals surface area contributed by atoms with Crippen LogP contribution in [-0.4, -0.2) is 12.0 Å². The van der Waals surface area contributed by atoms with E-state index in [9.17, 15) is 4.39 Å². The van der Waals surface area contributed by atoms with Gasteiger partial charge in [-0.2, -0.15) is 0 Å². The van der Waals surface area contributed by atoms with Gasteiger partial charge in [-0.1, -0.05) is 30.4 Å². The molecule has 20 heavy (non-hydrogen) atoms. The molecular formula is C15H14BrFN2S. The second-order valence-electron chi connectivity index (χ2n) is 4.47. The van der Waals surface area contributed by atoms with E-state index in [1.165, 1.54) is 0 Å². The first kappa shape index (κ1) is 14.9. The standard InChI is InChI=1S/C15H14BrFN2S/c1-9-5-3-4-6-11(9)19(2)12-8-7-10(15(18)20)13(16)14(12)17/h3-8H,1-2H3,(H2,18,20). The predicted octanol–water partition coefficient (Wildman–Crippen LogP) is 4.30. The van der Waals surface area contributed by atoms with Crippen molar-refractivity contribution in [1.29, 1.82) is 0 Å². The van der Waals surface area contributed by atoms with Crippen LogP contribution in [0.2, 0.25) is 0 Å². The second-order valence-corrected chi connectivity index (χ2v) is 5.70. The molecule has 2 aromatic carbocycles. The number of aryl methyl sites for hydroxylation is 1. The van der Waals surface area contributed by atoms with E-state index in [0.29, 0.717) is 15.7 Å². The molecule has 0 fully saturated rings. The number of rotatable bonds is 3. The molecule has 5 heteroatoms. The van der Waals surface area contributed by atoms with Gasteiger partial charge in [-0.25, -0.2) is 4.39 Å². The molecule has 104 valence electrons. The van der Waals surface area contributed by atoms with Crippen LogP contribution < -0.4 is 10.6 Å². The van der Waals surface area contributed by atoms with Gasteiger partial charge in [0.1, 0.15) is 4.99 Å². The number of hydrogen-bond acceptors (Lipinski definition) is 2. The van der Waals surface area contributed by atoms with E-state index in [1.54, 1.807) is 17.0 Å². The highest BCUT2D eigenvalue weighted by Gasteiger charge is 2.17. The topological polar surface area (TPSA) is 29.3 Å². The molecule has 2 nitrogen and oxygen atoms in total. The van der Waals surface area contributed by atoms with Crippen molar-refractivity contribution in [3.05, 3.63) is 57.8 Å². The number of benzene rings is 2. The van der Waals surface area contributed by atoms with E-state index >= 15 is 0 Å². The fourth-order valence-corrected chi connectivity index (χ4v) is 2.91. The fourth-order valence-electron chi connectivity index (χ4n) is 2.06. The average Bonchev–Trinajstić information content (AvgIpc) is 2.41. The zero-order chi connectivity index (χ0) is 14.9. The Morgan fingerprint density at radius 2 is 1.85 bits per heavy atom. The van der Waals surface area contributed by atoms with Gasteiger partial charge in [-0.05, 0) is 46.6 Å². The predicted molar refractivity (Wildman–Crippen MR) is 89.2 cm³/mol. The molecule has 0 unspecified atom stereocenters. The Morgan fingerprint density at radius 1 is 1.20 bits per heavy atom. The lowest BCUT2D eigenvalue weighted by Gasteiger charge is -2.23. The SMILES string of the molecule is Cc1ccccc1N(C)c1ccc(C(N)=S)c(Br)c1F. The molecule has 0 aliphatic rings. The van der Waals surface area contributed by atoms with Crippen molar-refractivity contribution < 1.29 is 4.39 Å². The fraction of sp³-hybridized carbons (Fsp3) is 0.133. The summed E-state index contributed by atoms with van der Waals surface area (Å²) in [6.45, 7) is 1.99. The summed E-state index contributed by atoms with van der Waals surface area (Å²) in [5.41, 5.74) is 8.55. The lowest BCUT2D eigenvalue weighted by molar-refractivity contribution is 0.620. The third-order valence-corrected chi connectivity index (χ3v) is 4.16. The lowest BCUT2D eigenvalue weighted by Crippen LogP contribution is -2.15. The Morgan fingerprint density at radius 3 is 2.45 bits per heavy atom. The van der Waals surface area contributed by atoms with Gasteiger partial charge in [-0.15, -0.1) is 0 Å². The smallest absolute Gasteiger partial charge is 0.161 e. The number of nitrogens with zero attached hydrogens (tertiary/aromatic N) is 1. The van der Waals surface area contributed by atoms with Crippen LogP contribution in [0.4, 0.5) is 15.8 Å². The van der Waals surface area contributed by atoms with E-state index < -0.39 is 0 Å². The van der Waals surface area contributed by atoms with E-state index in [4.69, 9.17) is 18.0 Å². The molecule has 0 atom stereocenters. The molecule has 0 radical (unpaired) electrons. The van der Waals surface area contributed by atoms with Crippen molar-refractivity contribution in [2.45, 2.75) is 6.92 Å². The Labute approximate surface area is 131 Å². The molecule has 2 N–H and O–H groups in total. The molecule has 0 aliphatic carbocycles. The quantitative estimate of drug-likeness (QED) is 0.835. The van der Waals surface area contributed by atoms with Crippen molar-refractivity contribution in [3.8, 4) is 0 Å². The van der Waals surface area contributed by atoms with Gasteiger partial charge in [0.2, 0.25) is 0 Å².